The average Bonchev–Trinajstić information content (AvgIpc) is 2.88. The number of hydrogen-bond donors (Lipinski definition) is 1. The Kier molecular flexibility index (Phi) is 5.38. The zero-order valence-electron chi connectivity index (χ0n) is 13.8. The summed E-state index contributed by atoms with van der Waals surface area (Å²) in [5, 5.41) is 9.12. The van der Waals surface area contributed by atoms with Gasteiger partial charge in [-0.2, -0.15) is 13.2 Å². The average molecular weight is 397 g/mol. The predicted molar refractivity (Wildman–Crippen MR) is 91.8 cm³/mol. The van der Waals surface area contributed by atoms with Crippen molar-refractivity contribution in [3.05, 3.63) is 53.9 Å². The number of halogens is 3. The Balaban J connectivity index is 1.74. The highest BCUT2D eigenvalue weighted by atomic mass is 32.2. The zero-order chi connectivity index (χ0) is 19.6. The fourth-order valence-electron chi connectivity index (χ4n) is 2.66. The third kappa shape index (κ3) is 4.58. The van der Waals surface area contributed by atoms with Gasteiger partial charge in [-0.15, -0.1) is 0 Å². The van der Waals surface area contributed by atoms with E-state index in [1.54, 1.807) is 12.1 Å². The molecular formula is C17H14F3N3O3S. The lowest BCUT2D eigenvalue weighted by atomic mass is 10.2. The zero-order valence-corrected chi connectivity index (χ0v) is 14.6. The first-order chi connectivity index (χ1) is 12.8. The molecule has 0 atom stereocenters. The lowest BCUT2D eigenvalue weighted by Gasteiger charge is -2.17. The van der Waals surface area contributed by atoms with E-state index in [9.17, 15) is 22.8 Å². The second-order valence-electron chi connectivity index (χ2n) is 5.72. The van der Waals surface area contributed by atoms with Crippen LogP contribution in [0.5, 0.6) is 0 Å². The number of carbonyl (C=O) groups is 2. The minimum Gasteiger partial charge on any atom is -0.390 e. The molecule has 1 fully saturated rings. The minimum atomic E-state index is -4.41. The fourth-order valence-corrected chi connectivity index (χ4v) is 3.20. The molecule has 2 heterocycles. The van der Waals surface area contributed by atoms with Gasteiger partial charge in [0.2, 0.25) is 0 Å². The van der Waals surface area contributed by atoms with E-state index in [-0.39, 0.29) is 42.0 Å². The van der Waals surface area contributed by atoms with E-state index >= 15 is 0 Å². The SMILES string of the molecule is O=C1CN(Cc2ccnc(CO)c2)C(=O)N1c1ccc(SC(F)(F)F)cc1. The van der Waals surface area contributed by atoms with Gasteiger partial charge in [-0.1, -0.05) is 0 Å². The van der Waals surface area contributed by atoms with Crippen LogP contribution in [-0.4, -0.2) is 39.0 Å². The van der Waals surface area contributed by atoms with Crippen molar-refractivity contribution in [1.29, 1.82) is 0 Å². The second-order valence-corrected chi connectivity index (χ2v) is 6.86. The van der Waals surface area contributed by atoms with Crippen molar-refractivity contribution in [1.82, 2.24) is 9.88 Å². The molecule has 1 saturated heterocycles. The third-order valence-electron chi connectivity index (χ3n) is 3.78. The molecule has 1 aliphatic rings. The molecule has 10 heteroatoms. The summed E-state index contributed by atoms with van der Waals surface area (Å²) in [6.45, 7) is -0.234. The molecule has 0 bridgehead atoms. The molecule has 0 unspecified atom stereocenters. The summed E-state index contributed by atoms with van der Waals surface area (Å²) in [5.74, 6) is -0.465. The van der Waals surface area contributed by atoms with E-state index in [4.69, 9.17) is 5.11 Å². The van der Waals surface area contributed by atoms with Crippen molar-refractivity contribution < 1.29 is 27.9 Å². The maximum absolute atomic E-state index is 12.6. The maximum atomic E-state index is 12.6. The summed E-state index contributed by atoms with van der Waals surface area (Å²) in [6.07, 6.45) is 1.50. The van der Waals surface area contributed by atoms with Gasteiger partial charge in [-0.05, 0) is 53.7 Å². The number of anilines is 1. The molecule has 6 nitrogen and oxygen atoms in total. The van der Waals surface area contributed by atoms with Crippen molar-refractivity contribution in [2.45, 2.75) is 23.6 Å². The molecule has 1 N–H and O–H groups in total. The monoisotopic (exact) mass is 397 g/mol. The molecule has 0 aliphatic carbocycles. The van der Waals surface area contributed by atoms with Crippen LogP contribution in [-0.2, 0) is 17.9 Å². The Morgan fingerprint density at radius 1 is 1.15 bits per heavy atom. The number of amides is 3. The molecule has 27 heavy (non-hydrogen) atoms. The van der Waals surface area contributed by atoms with E-state index in [2.05, 4.69) is 4.98 Å². The van der Waals surface area contributed by atoms with Gasteiger partial charge >= 0.3 is 11.5 Å². The Morgan fingerprint density at radius 2 is 1.85 bits per heavy atom. The van der Waals surface area contributed by atoms with Crippen molar-refractivity contribution >= 4 is 29.4 Å². The largest absolute Gasteiger partial charge is 0.446 e. The third-order valence-corrected chi connectivity index (χ3v) is 4.52. The Morgan fingerprint density at radius 3 is 2.48 bits per heavy atom. The molecule has 0 saturated carbocycles. The van der Waals surface area contributed by atoms with Crippen LogP contribution in [0.2, 0.25) is 0 Å². The topological polar surface area (TPSA) is 73.7 Å². The number of alkyl halides is 3. The number of nitrogens with zero attached hydrogens (tertiary/aromatic N) is 3. The summed E-state index contributed by atoms with van der Waals surface area (Å²) in [7, 11) is 0. The van der Waals surface area contributed by atoms with Crippen LogP contribution >= 0.6 is 11.8 Å². The predicted octanol–water partition coefficient (Wildman–Crippen LogP) is 3.15. The number of rotatable bonds is 5. The standard InChI is InChI=1S/C17H14F3N3O3S/c18-17(19,20)27-14-3-1-13(2-4-14)23-15(25)9-22(16(23)26)8-11-5-6-21-12(7-11)10-24/h1-7,24H,8-10H2. The summed E-state index contributed by atoms with van der Waals surface area (Å²) in [6, 6.07) is 7.79. The summed E-state index contributed by atoms with van der Waals surface area (Å²) in [5.41, 5.74) is -3.05. The molecule has 0 spiro atoms. The van der Waals surface area contributed by atoms with Crippen molar-refractivity contribution in [2.75, 3.05) is 11.4 Å². The molecular weight excluding hydrogens is 383 g/mol. The Hall–Kier alpha value is -2.59. The van der Waals surface area contributed by atoms with Gasteiger partial charge in [0, 0.05) is 17.6 Å². The number of hydrogen-bond acceptors (Lipinski definition) is 5. The Bertz CT molecular complexity index is 858. The number of urea groups is 1. The van der Waals surface area contributed by atoms with Gasteiger partial charge in [-0.25, -0.2) is 9.69 Å². The maximum Gasteiger partial charge on any atom is 0.446 e. The molecule has 1 aromatic carbocycles. The molecule has 2 aromatic rings. The molecule has 1 aromatic heterocycles. The molecule has 3 rings (SSSR count). The van der Waals surface area contributed by atoms with E-state index in [1.165, 1.54) is 35.4 Å². The highest BCUT2D eigenvalue weighted by molar-refractivity contribution is 8.00. The quantitative estimate of drug-likeness (QED) is 0.620. The van der Waals surface area contributed by atoms with E-state index in [0.717, 1.165) is 4.90 Å². The van der Waals surface area contributed by atoms with Crippen molar-refractivity contribution in [3.63, 3.8) is 0 Å². The summed E-state index contributed by atoms with van der Waals surface area (Å²) >= 11 is -0.266. The van der Waals surface area contributed by atoms with E-state index < -0.39 is 17.4 Å². The van der Waals surface area contributed by atoms with Crippen LogP contribution in [0.3, 0.4) is 0 Å². The number of thioether (sulfide) groups is 1. The lowest BCUT2D eigenvalue weighted by Crippen LogP contribution is -2.32. The highest BCUT2D eigenvalue weighted by Gasteiger charge is 2.37. The smallest absolute Gasteiger partial charge is 0.390 e. The summed E-state index contributed by atoms with van der Waals surface area (Å²) in [4.78, 5) is 31.0. The van der Waals surface area contributed by atoms with E-state index in [1.807, 2.05) is 0 Å². The van der Waals surface area contributed by atoms with Crippen LogP contribution in [0, 0.1) is 0 Å². The number of aliphatic hydroxyl groups excluding tert-OH is 1. The molecule has 142 valence electrons. The highest BCUT2D eigenvalue weighted by Crippen LogP contribution is 2.37. The van der Waals surface area contributed by atoms with Crippen LogP contribution in [0.4, 0.5) is 23.7 Å². The fraction of sp³-hybridized carbons (Fsp3) is 0.235. The van der Waals surface area contributed by atoms with E-state index in [0.29, 0.717) is 11.3 Å². The lowest BCUT2D eigenvalue weighted by molar-refractivity contribution is -0.116. The molecule has 0 radical (unpaired) electrons. The van der Waals surface area contributed by atoms with Crippen LogP contribution in [0.1, 0.15) is 11.3 Å². The first kappa shape index (κ1) is 19.2. The van der Waals surface area contributed by atoms with Gasteiger partial charge in [0.05, 0.1) is 18.0 Å². The normalized spacial score (nSPS) is 15.0. The van der Waals surface area contributed by atoms with Gasteiger partial charge < -0.3 is 10.0 Å². The number of benzene rings is 1. The van der Waals surface area contributed by atoms with Crippen LogP contribution in [0.15, 0.2) is 47.5 Å². The van der Waals surface area contributed by atoms with Crippen molar-refractivity contribution in [3.8, 4) is 0 Å². The number of pyridine rings is 1. The van der Waals surface area contributed by atoms with Gasteiger partial charge in [-0.3, -0.25) is 9.78 Å². The number of aliphatic hydroxyl groups is 1. The first-order valence-electron chi connectivity index (χ1n) is 7.79. The molecule has 1 aliphatic heterocycles. The minimum absolute atomic E-state index is 0.0319. The van der Waals surface area contributed by atoms with Gasteiger partial charge in [0.15, 0.2) is 0 Å². The summed E-state index contributed by atoms with van der Waals surface area (Å²) < 4.78 is 37.2. The number of imide groups is 1. The molecule has 3 amide bonds. The van der Waals surface area contributed by atoms with Gasteiger partial charge in [0.1, 0.15) is 6.54 Å². The Labute approximate surface area is 156 Å². The number of aromatic nitrogens is 1. The second kappa shape index (κ2) is 7.57. The van der Waals surface area contributed by atoms with Gasteiger partial charge in [0.25, 0.3) is 5.91 Å². The van der Waals surface area contributed by atoms with Crippen LogP contribution in [0.25, 0.3) is 0 Å². The first-order valence-corrected chi connectivity index (χ1v) is 8.61. The van der Waals surface area contributed by atoms with Crippen molar-refractivity contribution in [2.24, 2.45) is 0 Å². The van der Waals surface area contributed by atoms with Crippen LogP contribution < -0.4 is 4.90 Å². The number of carbonyl (C=O) groups excluding carboxylic acids is 2.